The SMILES string of the molecule is CCCCCCCCCCCCCCCCCCCCCCC(C)CCCC(C)CC. The summed E-state index contributed by atoms with van der Waals surface area (Å²) in [6.07, 6.45) is 36.8. The van der Waals surface area contributed by atoms with Crippen molar-refractivity contribution < 1.29 is 0 Å². The van der Waals surface area contributed by atoms with Crippen LogP contribution in [-0.4, -0.2) is 0 Å². The van der Waals surface area contributed by atoms with Gasteiger partial charge >= 0.3 is 0 Å². The lowest BCUT2D eigenvalue weighted by Crippen LogP contribution is -1.98. The minimum absolute atomic E-state index is 0.937. The first-order valence-electron chi connectivity index (χ1n) is 15.2. The zero-order chi connectivity index (χ0) is 22.8. The van der Waals surface area contributed by atoms with Gasteiger partial charge in [-0.3, -0.25) is 0 Å². The fourth-order valence-electron chi connectivity index (χ4n) is 4.91. The Morgan fingerprint density at radius 3 is 0.968 bits per heavy atom. The fraction of sp³-hybridized carbons (Fsp3) is 1.00. The molecule has 0 aliphatic heterocycles. The molecule has 0 saturated heterocycles. The Hall–Kier alpha value is 0. The second kappa shape index (κ2) is 26.3. The Labute approximate surface area is 200 Å². The predicted octanol–water partition coefficient (Wildman–Crippen LogP) is 12.1. The quantitative estimate of drug-likeness (QED) is 0.118. The lowest BCUT2D eigenvalue weighted by atomic mass is 9.93. The first-order valence-corrected chi connectivity index (χ1v) is 15.2. The highest BCUT2D eigenvalue weighted by Gasteiger charge is 2.04. The van der Waals surface area contributed by atoms with Gasteiger partial charge in [-0.05, 0) is 11.8 Å². The Balaban J connectivity index is 3.11. The summed E-state index contributed by atoms with van der Waals surface area (Å²) in [7, 11) is 0. The molecule has 0 spiro atoms. The molecule has 0 N–H and O–H groups in total. The third-order valence-electron chi connectivity index (χ3n) is 7.64. The minimum atomic E-state index is 0.937. The number of hydrogen-bond acceptors (Lipinski definition) is 0. The van der Waals surface area contributed by atoms with Gasteiger partial charge in [0, 0.05) is 0 Å². The maximum atomic E-state index is 2.48. The predicted molar refractivity (Wildman–Crippen MR) is 145 cm³/mol. The summed E-state index contributed by atoms with van der Waals surface area (Å²) in [4.78, 5) is 0. The summed E-state index contributed by atoms with van der Waals surface area (Å²) >= 11 is 0. The van der Waals surface area contributed by atoms with Crippen LogP contribution in [0, 0.1) is 11.8 Å². The molecule has 0 fully saturated rings. The first-order chi connectivity index (χ1) is 15.2. The average Bonchev–Trinajstić information content (AvgIpc) is 2.77. The highest BCUT2D eigenvalue weighted by molar-refractivity contribution is 4.58. The monoisotopic (exact) mass is 437 g/mol. The molecule has 0 radical (unpaired) electrons. The highest BCUT2D eigenvalue weighted by Crippen LogP contribution is 2.20. The normalized spacial score (nSPS) is 13.5. The van der Waals surface area contributed by atoms with E-state index in [-0.39, 0.29) is 0 Å². The van der Waals surface area contributed by atoms with Gasteiger partial charge < -0.3 is 0 Å². The zero-order valence-corrected chi connectivity index (χ0v) is 22.8. The lowest BCUT2D eigenvalue weighted by Gasteiger charge is -2.13. The van der Waals surface area contributed by atoms with Crippen molar-refractivity contribution in [3.05, 3.63) is 0 Å². The Kier molecular flexibility index (Phi) is 26.3. The summed E-state index contributed by atoms with van der Waals surface area (Å²) in [6, 6.07) is 0. The average molecular weight is 437 g/mol. The molecule has 0 aromatic heterocycles. The third kappa shape index (κ3) is 26.1. The van der Waals surface area contributed by atoms with Gasteiger partial charge in [0.25, 0.3) is 0 Å². The van der Waals surface area contributed by atoms with E-state index in [1.807, 2.05) is 0 Å². The van der Waals surface area contributed by atoms with Crippen LogP contribution in [0.15, 0.2) is 0 Å². The summed E-state index contributed by atoms with van der Waals surface area (Å²) in [5, 5.41) is 0. The van der Waals surface area contributed by atoms with E-state index >= 15 is 0 Å². The van der Waals surface area contributed by atoms with Crippen molar-refractivity contribution in [1.29, 1.82) is 0 Å². The minimum Gasteiger partial charge on any atom is -0.0654 e. The topological polar surface area (TPSA) is 0 Å². The molecule has 0 saturated carbocycles. The molecule has 2 atom stereocenters. The number of hydrogen-bond donors (Lipinski definition) is 0. The van der Waals surface area contributed by atoms with E-state index in [0.717, 1.165) is 11.8 Å². The molecule has 0 rings (SSSR count). The Morgan fingerprint density at radius 1 is 0.323 bits per heavy atom. The molecule has 31 heavy (non-hydrogen) atoms. The second-order valence-corrected chi connectivity index (χ2v) is 11.1. The van der Waals surface area contributed by atoms with E-state index in [2.05, 4.69) is 27.7 Å². The number of unbranched alkanes of at least 4 members (excludes halogenated alkanes) is 19. The van der Waals surface area contributed by atoms with E-state index in [9.17, 15) is 0 Å². The van der Waals surface area contributed by atoms with Crippen LogP contribution in [0.4, 0.5) is 0 Å². The van der Waals surface area contributed by atoms with E-state index in [1.165, 1.54) is 161 Å². The van der Waals surface area contributed by atoms with Crippen molar-refractivity contribution in [2.75, 3.05) is 0 Å². The van der Waals surface area contributed by atoms with Crippen LogP contribution in [0.2, 0.25) is 0 Å². The molecule has 188 valence electrons. The standard InChI is InChI=1S/C31H64/c1-5-7-8-9-10-11-12-13-14-15-16-17-18-19-20-21-22-23-24-25-27-31(4)29-26-28-30(3)6-2/h30-31H,5-29H2,1-4H3. The molecule has 0 aliphatic rings. The molecule has 0 heterocycles. The fourth-order valence-corrected chi connectivity index (χ4v) is 4.91. The van der Waals surface area contributed by atoms with Crippen LogP contribution in [0.25, 0.3) is 0 Å². The van der Waals surface area contributed by atoms with Crippen LogP contribution in [0.3, 0.4) is 0 Å². The van der Waals surface area contributed by atoms with Gasteiger partial charge in [-0.15, -0.1) is 0 Å². The van der Waals surface area contributed by atoms with E-state index in [4.69, 9.17) is 0 Å². The molecule has 0 heteroatoms. The van der Waals surface area contributed by atoms with Crippen LogP contribution in [-0.2, 0) is 0 Å². The van der Waals surface area contributed by atoms with Gasteiger partial charge in [-0.25, -0.2) is 0 Å². The lowest BCUT2D eigenvalue weighted by molar-refractivity contribution is 0.405. The van der Waals surface area contributed by atoms with Crippen molar-refractivity contribution in [3.8, 4) is 0 Å². The zero-order valence-electron chi connectivity index (χ0n) is 22.8. The summed E-state index contributed by atoms with van der Waals surface area (Å²) in [5.74, 6) is 1.89. The van der Waals surface area contributed by atoms with Gasteiger partial charge in [-0.2, -0.15) is 0 Å². The number of rotatable bonds is 26. The van der Waals surface area contributed by atoms with Crippen molar-refractivity contribution in [2.45, 2.75) is 188 Å². The first kappa shape index (κ1) is 31.0. The second-order valence-electron chi connectivity index (χ2n) is 11.1. The Bertz CT molecular complexity index is 307. The highest BCUT2D eigenvalue weighted by atomic mass is 14.1. The third-order valence-corrected chi connectivity index (χ3v) is 7.64. The van der Waals surface area contributed by atoms with E-state index in [1.54, 1.807) is 0 Å². The summed E-state index contributed by atoms with van der Waals surface area (Å²) in [6.45, 7) is 9.52. The van der Waals surface area contributed by atoms with Crippen molar-refractivity contribution in [3.63, 3.8) is 0 Å². The molecular weight excluding hydrogens is 372 g/mol. The summed E-state index contributed by atoms with van der Waals surface area (Å²) in [5.41, 5.74) is 0. The summed E-state index contributed by atoms with van der Waals surface area (Å²) < 4.78 is 0. The van der Waals surface area contributed by atoms with Crippen molar-refractivity contribution >= 4 is 0 Å². The molecule has 2 unspecified atom stereocenters. The van der Waals surface area contributed by atoms with Crippen LogP contribution >= 0.6 is 0 Å². The largest absolute Gasteiger partial charge is 0.0654 e. The van der Waals surface area contributed by atoms with E-state index in [0.29, 0.717) is 0 Å². The smallest absolute Gasteiger partial charge is 0.0443 e. The van der Waals surface area contributed by atoms with Gasteiger partial charge in [0.1, 0.15) is 0 Å². The van der Waals surface area contributed by atoms with Crippen LogP contribution in [0.5, 0.6) is 0 Å². The molecule has 0 aromatic rings. The van der Waals surface area contributed by atoms with Crippen LogP contribution < -0.4 is 0 Å². The van der Waals surface area contributed by atoms with Gasteiger partial charge in [0.2, 0.25) is 0 Å². The molecule has 0 nitrogen and oxygen atoms in total. The maximum absolute atomic E-state index is 2.48. The molecular formula is C31H64. The van der Waals surface area contributed by atoms with Gasteiger partial charge in [0.05, 0.1) is 0 Å². The van der Waals surface area contributed by atoms with Crippen LogP contribution in [0.1, 0.15) is 188 Å². The molecule has 0 aromatic carbocycles. The molecule has 0 bridgehead atoms. The van der Waals surface area contributed by atoms with E-state index < -0.39 is 0 Å². The van der Waals surface area contributed by atoms with Crippen molar-refractivity contribution in [2.24, 2.45) is 11.8 Å². The van der Waals surface area contributed by atoms with Crippen molar-refractivity contribution in [1.82, 2.24) is 0 Å². The maximum Gasteiger partial charge on any atom is -0.0443 e. The van der Waals surface area contributed by atoms with Gasteiger partial charge in [0.15, 0.2) is 0 Å². The Morgan fingerprint density at radius 2 is 0.613 bits per heavy atom. The van der Waals surface area contributed by atoms with Gasteiger partial charge in [-0.1, -0.05) is 188 Å². The molecule has 0 amide bonds. The molecule has 0 aliphatic carbocycles.